The largest absolute Gasteiger partial charge is 0.378 e. The van der Waals surface area contributed by atoms with Gasteiger partial charge in [-0.15, -0.1) is 11.3 Å². The molecule has 7 heteroatoms. The zero-order chi connectivity index (χ0) is 22.9. The molecular formula is C26H33N5OS. The van der Waals surface area contributed by atoms with Crippen LogP contribution in [0.5, 0.6) is 0 Å². The van der Waals surface area contributed by atoms with Gasteiger partial charge in [-0.25, -0.2) is 9.97 Å². The van der Waals surface area contributed by atoms with Crippen LogP contribution in [-0.4, -0.2) is 43.1 Å². The summed E-state index contributed by atoms with van der Waals surface area (Å²) in [7, 11) is 4.06. The Morgan fingerprint density at radius 1 is 1.12 bits per heavy atom. The highest BCUT2D eigenvalue weighted by atomic mass is 32.1. The molecule has 0 atom stereocenters. The summed E-state index contributed by atoms with van der Waals surface area (Å²) >= 11 is 1.76. The fourth-order valence-corrected chi connectivity index (χ4v) is 5.56. The van der Waals surface area contributed by atoms with Gasteiger partial charge in [0.15, 0.2) is 0 Å². The minimum absolute atomic E-state index is 0.0642. The lowest BCUT2D eigenvalue weighted by Gasteiger charge is -2.33. The first-order chi connectivity index (χ1) is 16.0. The van der Waals surface area contributed by atoms with Crippen LogP contribution in [0.15, 0.2) is 29.6 Å². The quantitative estimate of drug-likeness (QED) is 0.565. The van der Waals surface area contributed by atoms with Crippen LogP contribution in [0.25, 0.3) is 10.9 Å². The SMILES string of the molecule is Cc1scc2nc(C3CCC3)nc(N3CCC(C(=O)NCc4ccc(N(C)C)cc4)CC3)c12. The molecule has 2 aliphatic rings. The van der Waals surface area contributed by atoms with Crippen molar-refractivity contribution in [1.82, 2.24) is 15.3 Å². The highest BCUT2D eigenvalue weighted by Gasteiger charge is 2.29. The number of thiophene rings is 1. The Hall–Kier alpha value is -2.67. The smallest absolute Gasteiger partial charge is 0.223 e. The van der Waals surface area contributed by atoms with E-state index in [4.69, 9.17) is 9.97 Å². The van der Waals surface area contributed by atoms with Crippen LogP contribution in [0.3, 0.4) is 0 Å². The van der Waals surface area contributed by atoms with Crippen molar-refractivity contribution in [2.75, 3.05) is 37.0 Å². The minimum Gasteiger partial charge on any atom is -0.378 e. The maximum Gasteiger partial charge on any atom is 0.223 e. The molecule has 1 amide bonds. The molecule has 0 radical (unpaired) electrons. The van der Waals surface area contributed by atoms with Crippen LogP contribution in [0, 0.1) is 12.8 Å². The zero-order valence-electron chi connectivity index (χ0n) is 19.8. The first-order valence-electron chi connectivity index (χ1n) is 12.0. The number of carbonyl (C=O) groups excluding carboxylic acids is 1. The van der Waals surface area contributed by atoms with Gasteiger partial charge in [-0.3, -0.25) is 4.79 Å². The number of fused-ring (bicyclic) bond motifs is 1. The number of carbonyl (C=O) groups is 1. The highest BCUT2D eigenvalue weighted by molar-refractivity contribution is 7.11. The van der Waals surface area contributed by atoms with E-state index in [1.165, 1.54) is 29.5 Å². The summed E-state index contributed by atoms with van der Waals surface area (Å²) in [6, 6.07) is 8.35. The van der Waals surface area contributed by atoms with Crippen molar-refractivity contribution in [2.45, 2.75) is 51.5 Å². The molecule has 3 heterocycles. The van der Waals surface area contributed by atoms with Crippen molar-refractivity contribution in [2.24, 2.45) is 5.92 Å². The van der Waals surface area contributed by atoms with Gasteiger partial charge < -0.3 is 15.1 Å². The van der Waals surface area contributed by atoms with E-state index < -0.39 is 0 Å². The summed E-state index contributed by atoms with van der Waals surface area (Å²) < 4.78 is 0. The van der Waals surface area contributed by atoms with Crippen molar-refractivity contribution >= 4 is 39.7 Å². The monoisotopic (exact) mass is 463 g/mol. The van der Waals surface area contributed by atoms with Crippen molar-refractivity contribution in [3.8, 4) is 0 Å². The lowest BCUT2D eigenvalue weighted by atomic mass is 9.85. The second kappa shape index (κ2) is 9.29. The van der Waals surface area contributed by atoms with Gasteiger partial charge in [0.25, 0.3) is 0 Å². The highest BCUT2D eigenvalue weighted by Crippen LogP contribution is 2.39. The van der Waals surface area contributed by atoms with E-state index in [1.54, 1.807) is 11.3 Å². The van der Waals surface area contributed by atoms with Gasteiger partial charge in [-0.1, -0.05) is 18.6 Å². The summed E-state index contributed by atoms with van der Waals surface area (Å²) in [6.45, 7) is 4.47. The molecule has 1 saturated carbocycles. The number of benzene rings is 1. The second-order valence-electron chi connectivity index (χ2n) is 9.63. The third-order valence-electron chi connectivity index (χ3n) is 7.19. The Morgan fingerprint density at radius 3 is 2.48 bits per heavy atom. The molecule has 33 heavy (non-hydrogen) atoms. The summed E-state index contributed by atoms with van der Waals surface area (Å²) in [4.78, 5) is 28.5. The Bertz CT molecular complexity index is 1130. The predicted molar refractivity (Wildman–Crippen MR) is 136 cm³/mol. The Balaban J connectivity index is 1.22. The van der Waals surface area contributed by atoms with Crippen molar-refractivity contribution in [3.05, 3.63) is 45.9 Å². The fraction of sp³-hybridized carbons (Fsp3) is 0.500. The third-order valence-corrected chi connectivity index (χ3v) is 8.09. The average Bonchev–Trinajstić information content (AvgIpc) is 3.17. The maximum atomic E-state index is 12.8. The van der Waals surface area contributed by atoms with E-state index in [-0.39, 0.29) is 11.8 Å². The molecule has 0 unspecified atom stereocenters. The third kappa shape index (κ3) is 4.56. The van der Waals surface area contributed by atoms with Crippen LogP contribution in [-0.2, 0) is 11.3 Å². The van der Waals surface area contributed by atoms with Crippen molar-refractivity contribution in [3.63, 3.8) is 0 Å². The molecule has 6 nitrogen and oxygen atoms in total. The Morgan fingerprint density at radius 2 is 1.85 bits per heavy atom. The van der Waals surface area contributed by atoms with Crippen LogP contribution in [0.4, 0.5) is 11.5 Å². The van der Waals surface area contributed by atoms with Crippen molar-refractivity contribution in [1.29, 1.82) is 0 Å². The molecule has 0 bridgehead atoms. The molecule has 2 aromatic heterocycles. The van der Waals surface area contributed by atoms with Gasteiger partial charge in [0, 0.05) is 61.5 Å². The van der Waals surface area contributed by atoms with Gasteiger partial charge >= 0.3 is 0 Å². The normalized spacial score (nSPS) is 17.2. The molecule has 1 aliphatic heterocycles. The number of aromatic nitrogens is 2. The summed E-state index contributed by atoms with van der Waals surface area (Å²) in [5.74, 6) is 2.85. The van der Waals surface area contributed by atoms with Crippen LogP contribution in [0.2, 0.25) is 0 Å². The van der Waals surface area contributed by atoms with Gasteiger partial charge in [0.2, 0.25) is 5.91 Å². The molecule has 3 aromatic rings. The van der Waals surface area contributed by atoms with Crippen LogP contribution in [0.1, 0.15) is 54.3 Å². The van der Waals surface area contributed by atoms with E-state index in [0.29, 0.717) is 12.5 Å². The summed E-state index contributed by atoms with van der Waals surface area (Å²) in [5.41, 5.74) is 3.38. The standard InChI is InChI=1S/C26H33N5OS/c1-17-23-22(16-33-17)28-24(19-5-4-6-19)29-25(23)31-13-11-20(12-14-31)26(32)27-15-18-7-9-21(10-8-18)30(2)3/h7-10,16,19-20H,4-6,11-15H2,1-3H3,(H,27,32). The van der Waals surface area contributed by atoms with E-state index in [1.807, 2.05) is 14.1 Å². The zero-order valence-corrected chi connectivity index (χ0v) is 20.6. The van der Waals surface area contributed by atoms with Crippen LogP contribution < -0.4 is 15.1 Å². The van der Waals surface area contributed by atoms with E-state index in [2.05, 4.69) is 51.7 Å². The number of anilines is 2. The molecule has 2 fully saturated rings. The maximum absolute atomic E-state index is 12.8. The summed E-state index contributed by atoms with van der Waals surface area (Å²) in [6.07, 6.45) is 5.41. The number of nitrogens with zero attached hydrogens (tertiary/aromatic N) is 4. The predicted octanol–water partition coefficient (Wildman–Crippen LogP) is 4.87. The molecule has 174 valence electrons. The number of aryl methyl sites for hydroxylation is 1. The number of rotatable bonds is 6. The first-order valence-corrected chi connectivity index (χ1v) is 12.9. The van der Waals surface area contributed by atoms with Crippen molar-refractivity contribution < 1.29 is 4.79 Å². The lowest BCUT2D eigenvalue weighted by Crippen LogP contribution is -2.41. The first kappa shape index (κ1) is 22.1. The molecule has 0 spiro atoms. The number of hydrogen-bond acceptors (Lipinski definition) is 6. The number of nitrogens with one attached hydrogen (secondary N) is 1. The van der Waals surface area contributed by atoms with Gasteiger partial charge in [-0.2, -0.15) is 0 Å². The number of hydrogen-bond donors (Lipinski definition) is 1. The van der Waals surface area contributed by atoms with Gasteiger partial charge in [-0.05, 0) is 50.3 Å². The van der Waals surface area contributed by atoms with Gasteiger partial charge in [0.1, 0.15) is 11.6 Å². The molecule has 1 aromatic carbocycles. The Labute approximate surface area is 200 Å². The summed E-state index contributed by atoms with van der Waals surface area (Å²) in [5, 5.41) is 6.52. The van der Waals surface area contributed by atoms with E-state index >= 15 is 0 Å². The topological polar surface area (TPSA) is 61.4 Å². The molecule has 1 aliphatic carbocycles. The molecule has 1 N–H and O–H groups in total. The van der Waals surface area contributed by atoms with E-state index in [9.17, 15) is 4.79 Å². The average molecular weight is 464 g/mol. The number of amides is 1. The Kier molecular flexibility index (Phi) is 6.23. The minimum atomic E-state index is 0.0642. The molecular weight excluding hydrogens is 430 g/mol. The fourth-order valence-electron chi connectivity index (χ4n) is 4.79. The lowest BCUT2D eigenvalue weighted by molar-refractivity contribution is -0.125. The van der Waals surface area contributed by atoms with Crippen LogP contribution >= 0.6 is 11.3 Å². The van der Waals surface area contributed by atoms with E-state index in [0.717, 1.165) is 54.3 Å². The molecule has 1 saturated heterocycles. The number of piperidine rings is 1. The second-order valence-corrected chi connectivity index (χ2v) is 10.7. The molecule has 5 rings (SSSR count). The van der Waals surface area contributed by atoms with Gasteiger partial charge in [0.05, 0.1) is 10.9 Å².